The van der Waals surface area contributed by atoms with Gasteiger partial charge in [0.25, 0.3) is 11.5 Å². The van der Waals surface area contributed by atoms with Crippen molar-refractivity contribution in [3.05, 3.63) is 99.8 Å². The molecule has 0 spiro atoms. The summed E-state index contributed by atoms with van der Waals surface area (Å²) in [5.74, 6) is -0.425. The Morgan fingerprint density at radius 2 is 1.56 bits per heavy atom. The number of hydrogen-bond donors (Lipinski definition) is 0. The molecule has 0 radical (unpaired) electrons. The lowest BCUT2D eigenvalue weighted by Crippen LogP contribution is -2.30. The molecule has 0 N–H and O–H groups in total. The predicted molar refractivity (Wildman–Crippen MR) is 131 cm³/mol. The minimum atomic E-state index is -0.411. The van der Waals surface area contributed by atoms with Crippen LogP contribution in [0, 0.1) is 11.6 Å². The van der Waals surface area contributed by atoms with Crippen molar-refractivity contribution in [3.63, 3.8) is 0 Å². The van der Waals surface area contributed by atoms with Crippen LogP contribution in [0.25, 0.3) is 16.6 Å². The molecule has 4 aromatic rings. The molecule has 1 heterocycles. The number of carbonyl (C=O) groups is 1. The number of nitrogens with zero attached hydrogens (tertiary/aromatic N) is 3. The summed E-state index contributed by atoms with van der Waals surface area (Å²) in [5, 5.41) is 0.743. The summed E-state index contributed by atoms with van der Waals surface area (Å²) in [6.45, 7) is 4.97. The molecular weight excluding hydrogens is 456 g/mol. The van der Waals surface area contributed by atoms with Gasteiger partial charge in [-0.25, -0.2) is 13.8 Å². The normalized spacial score (nSPS) is 11.1. The minimum absolute atomic E-state index is 0.128. The Bertz CT molecular complexity index is 1380. The van der Waals surface area contributed by atoms with Crippen LogP contribution in [0.15, 0.2) is 76.7 Å². The van der Waals surface area contributed by atoms with Crippen molar-refractivity contribution in [2.45, 2.75) is 24.8 Å². The molecule has 0 bridgehead atoms. The molecule has 4 rings (SSSR count). The number of benzene rings is 3. The monoisotopic (exact) mass is 479 g/mol. The van der Waals surface area contributed by atoms with Gasteiger partial charge in [-0.05, 0) is 74.0 Å². The van der Waals surface area contributed by atoms with Crippen LogP contribution in [0.1, 0.15) is 29.8 Å². The van der Waals surface area contributed by atoms with Gasteiger partial charge in [-0.2, -0.15) is 0 Å². The number of rotatable bonds is 7. The van der Waals surface area contributed by atoms with Gasteiger partial charge in [0, 0.05) is 24.4 Å². The Morgan fingerprint density at radius 3 is 2.18 bits per heavy atom. The molecule has 0 saturated heterocycles. The fourth-order valence-electron chi connectivity index (χ4n) is 3.63. The lowest BCUT2D eigenvalue weighted by molar-refractivity contribution is 0.0773. The van der Waals surface area contributed by atoms with Crippen molar-refractivity contribution in [2.75, 3.05) is 13.1 Å². The van der Waals surface area contributed by atoms with Gasteiger partial charge in [0.15, 0.2) is 5.16 Å². The minimum Gasteiger partial charge on any atom is -0.339 e. The fourth-order valence-corrected chi connectivity index (χ4v) is 4.60. The highest BCUT2D eigenvalue weighted by molar-refractivity contribution is 7.98. The Morgan fingerprint density at radius 1 is 0.941 bits per heavy atom. The second-order valence-electron chi connectivity index (χ2n) is 7.64. The van der Waals surface area contributed by atoms with Crippen molar-refractivity contribution in [1.82, 2.24) is 14.5 Å². The van der Waals surface area contributed by atoms with Crippen LogP contribution in [0.3, 0.4) is 0 Å². The molecule has 1 amide bonds. The van der Waals surface area contributed by atoms with E-state index in [0.717, 1.165) is 5.56 Å². The highest BCUT2D eigenvalue weighted by Crippen LogP contribution is 2.25. The van der Waals surface area contributed by atoms with E-state index in [0.29, 0.717) is 46.2 Å². The van der Waals surface area contributed by atoms with Gasteiger partial charge in [-0.15, -0.1) is 0 Å². The third kappa shape index (κ3) is 4.87. The van der Waals surface area contributed by atoms with Crippen molar-refractivity contribution in [3.8, 4) is 5.69 Å². The molecule has 3 aromatic carbocycles. The van der Waals surface area contributed by atoms with Crippen LogP contribution >= 0.6 is 11.8 Å². The van der Waals surface area contributed by atoms with Gasteiger partial charge < -0.3 is 4.90 Å². The Balaban J connectivity index is 1.82. The smallest absolute Gasteiger partial charge is 0.266 e. The van der Waals surface area contributed by atoms with E-state index in [1.165, 1.54) is 52.7 Å². The van der Waals surface area contributed by atoms with Crippen molar-refractivity contribution < 1.29 is 13.6 Å². The van der Waals surface area contributed by atoms with Crippen LogP contribution in [-0.2, 0) is 5.75 Å². The van der Waals surface area contributed by atoms with E-state index in [1.54, 1.807) is 35.2 Å². The first-order valence-corrected chi connectivity index (χ1v) is 11.9. The summed E-state index contributed by atoms with van der Waals surface area (Å²) >= 11 is 1.30. The van der Waals surface area contributed by atoms with E-state index in [4.69, 9.17) is 4.98 Å². The lowest BCUT2D eigenvalue weighted by Gasteiger charge is -2.19. The molecule has 8 heteroatoms. The number of fused-ring (bicyclic) bond motifs is 1. The molecule has 0 unspecified atom stereocenters. The molecule has 0 aliphatic heterocycles. The topological polar surface area (TPSA) is 55.2 Å². The summed E-state index contributed by atoms with van der Waals surface area (Å²) in [4.78, 5) is 32.7. The predicted octanol–water partition coefficient (Wildman–Crippen LogP) is 5.44. The van der Waals surface area contributed by atoms with E-state index in [1.807, 2.05) is 13.8 Å². The van der Waals surface area contributed by atoms with E-state index in [-0.39, 0.29) is 17.3 Å². The van der Waals surface area contributed by atoms with Gasteiger partial charge in [0.1, 0.15) is 11.6 Å². The number of carbonyl (C=O) groups excluding carboxylic acids is 1. The molecule has 1 aromatic heterocycles. The number of hydrogen-bond acceptors (Lipinski definition) is 4. The third-order valence-electron chi connectivity index (χ3n) is 5.50. The zero-order valence-electron chi connectivity index (χ0n) is 18.8. The van der Waals surface area contributed by atoms with E-state index >= 15 is 0 Å². The van der Waals surface area contributed by atoms with E-state index in [2.05, 4.69) is 0 Å². The van der Waals surface area contributed by atoms with Crippen molar-refractivity contribution in [2.24, 2.45) is 0 Å². The first kappa shape index (κ1) is 23.6. The molecule has 0 saturated carbocycles. The molecule has 5 nitrogen and oxygen atoms in total. The van der Waals surface area contributed by atoms with Crippen LogP contribution < -0.4 is 5.56 Å². The van der Waals surface area contributed by atoms with Gasteiger partial charge in [-0.3, -0.25) is 14.2 Å². The molecule has 0 aliphatic carbocycles. The summed E-state index contributed by atoms with van der Waals surface area (Å²) < 4.78 is 28.2. The quantitative estimate of drug-likeness (QED) is 0.262. The van der Waals surface area contributed by atoms with Gasteiger partial charge in [-0.1, -0.05) is 23.9 Å². The van der Waals surface area contributed by atoms with Gasteiger partial charge >= 0.3 is 0 Å². The molecule has 34 heavy (non-hydrogen) atoms. The zero-order chi connectivity index (χ0) is 24.2. The number of amides is 1. The van der Waals surface area contributed by atoms with Crippen LogP contribution in [0.5, 0.6) is 0 Å². The first-order chi connectivity index (χ1) is 16.4. The molecule has 0 fully saturated rings. The summed E-state index contributed by atoms with van der Waals surface area (Å²) in [6.07, 6.45) is 0. The van der Waals surface area contributed by atoms with E-state index in [9.17, 15) is 18.4 Å². The zero-order valence-corrected chi connectivity index (χ0v) is 19.6. The highest BCUT2D eigenvalue weighted by atomic mass is 32.2. The summed E-state index contributed by atoms with van der Waals surface area (Å²) in [5.41, 5.74) is 1.88. The maximum atomic E-state index is 13.5. The largest absolute Gasteiger partial charge is 0.339 e. The maximum absolute atomic E-state index is 13.5. The van der Waals surface area contributed by atoms with E-state index < -0.39 is 5.82 Å². The standard InChI is InChI=1S/C26H23F2N3O2S/c1-3-30(4-2)24(32)18-7-14-22-23(15-18)29-26(34-16-17-5-8-19(27)9-6-17)31(25(22)33)21-12-10-20(28)11-13-21/h5-15H,3-4,16H2,1-2H3. The second kappa shape index (κ2) is 10.2. The first-order valence-electron chi connectivity index (χ1n) is 10.9. The number of aromatic nitrogens is 2. The molecule has 0 atom stereocenters. The van der Waals surface area contributed by atoms with Gasteiger partial charge in [0.05, 0.1) is 16.6 Å². The van der Waals surface area contributed by atoms with Crippen molar-refractivity contribution in [1.29, 1.82) is 0 Å². The average molecular weight is 480 g/mol. The maximum Gasteiger partial charge on any atom is 0.266 e. The second-order valence-corrected chi connectivity index (χ2v) is 8.58. The molecule has 0 aliphatic rings. The Kier molecular flexibility index (Phi) is 7.07. The Hall–Kier alpha value is -3.52. The summed E-state index contributed by atoms with van der Waals surface area (Å²) in [7, 11) is 0. The summed E-state index contributed by atoms with van der Waals surface area (Å²) in [6, 6.07) is 16.6. The molecular formula is C26H23F2N3O2S. The average Bonchev–Trinajstić information content (AvgIpc) is 2.85. The van der Waals surface area contributed by atoms with Crippen LogP contribution in [-0.4, -0.2) is 33.4 Å². The fraction of sp³-hybridized carbons (Fsp3) is 0.192. The highest BCUT2D eigenvalue weighted by Gasteiger charge is 2.17. The SMILES string of the molecule is CCN(CC)C(=O)c1ccc2c(=O)n(-c3ccc(F)cc3)c(SCc3ccc(F)cc3)nc2c1. The Labute approximate surface area is 200 Å². The number of thioether (sulfide) groups is 1. The lowest BCUT2D eigenvalue weighted by atomic mass is 10.1. The van der Waals surface area contributed by atoms with Crippen molar-refractivity contribution >= 4 is 28.6 Å². The number of halogens is 2. The van der Waals surface area contributed by atoms with Gasteiger partial charge in [0.2, 0.25) is 0 Å². The van der Waals surface area contributed by atoms with Crippen LogP contribution in [0.4, 0.5) is 8.78 Å². The van der Waals surface area contributed by atoms with Crippen LogP contribution in [0.2, 0.25) is 0 Å². The molecule has 174 valence electrons. The third-order valence-corrected chi connectivity index (χ3v) is 6.51.